The molecule has 3 aromatic carbocycles. The summed E-state index contributed by atoms with van der Waals surface area (Å²) in [6.45, 7) is 4.45. The number of rotatable bonds is 11. The molecule has 0 saturated carbocycles. The quantitative estimate of drug-likeness (QED) is 0.285. The van der Waals surface area contributed by atoms with E-state index >= 15 is 0 Å². The van der Waals surface area contributed by atoms with Crippen molar-refractivity contribution in [3.63, 3.8) is 0 Å². The summed E-state index contributed by atoms with van der Waals surface area (Å²) in [7, 11) is 1.65. The van der Waals surface area contributed by atoms with Crippen LogP contribution in [0.2, 0.25) is 0 Å². The minimum absolute atomic E-state index is 0.0655. The smallest absolute Gasteiger partial charge is 0.252 e. The fourth-order valence-electron chi connectivity index (χ4n) is 4.59. The molecule has 0 atom stereocenters. The SMILES string of the molecule is CCc1ccc2[nH]c(=O)c(CN(CCc3ccccc3)Cc3nnnn3Cc3ccc(OC)cc3)cc2c1. The highest BCUT2D eigenvalue weighted by Gasteiger charge is 2.16. The Hall–Kier alpha value is -4.30. The Morgan fingerprint density at radius 2 is 1.71 bits per heavy atom. The number of aromatic nitrogens is 5. The lowest BCUT2D eigenvalue weighted by atomic mass is 10.1. The van der Waals surface area contributed by atoms with E-state index in [1.165, 1.54) is 11.1 Å². The van der Waals surface area contributed by atoms with Crippen LogP contribution >= 0.6 is 0 Å². The molecule has 0 saturated heterocycles. The summed E-state index contributed by atoms with van der Waals surface area (Å²) in [4.78, 5) is 18.3. The molecule has 0 aliphatic heterocycles. The summed E-state index contributed by atoms with van der Waals surface area (Å²) in [5.74, 6) is 1.56. The van der Waals surface area contributed by atoms with Crippen molar-refractivity contribution in [2.24, 2.45) is 0 Å². The first-order valence-corrected chi connectivity index (χ1v) is 12.9. The van der Waals surface area contributed by atoms with Crippen LogP contribution in [-0.2, 0) is 32.5 Å². The number of hydrogen-bond acceptors (Lipinski definition) is 6. The van der Waals surface area contributed by atoms with Gasteiger partial charge < -0.3 is 9.72 Å². The normalized spacial score (nSPS) is 11.3. The summed E-state index contributed by atoms with van der Waals surface area (Å²) in [6.07, 6.45) is 1.80. The fourth-order valence-corrected chi connectivity index (χ4v) is 4.59. The van der Waals surface area contributed by atoms with E-state index in [9.17, 15) is 4.79 Å². The van der Waals surface area contributed by atoms with Crippen LogP contribution in [0.1, 0.15) is 35.0 Å². The number of pyridine rings is 1. The van der Waals surface area contributed by atoms with Gasteiger partial charge in [-0.25, -0.2) is 4.68 Å². The first-order valence-electron chi connectivity index (χ1n) is 12.9. The monoisotopic (exact) mass is 508 g/mol. The van der Waals surface area contributed by atoms with Gasteiger partial charge in [-0.1, -0.05) is 55.5 Å². The zero-order valence-electron chi connectivity index (χ0n) is 21.8. The third kappa shape index (κ3) is 6.15. The summed E-state index contributed by atoms with van der Waals surface area (Å²) in [6, 6.07) is 26.5. The first kappa shape index (κ1) is 25.4. The van der Waals surface area contributed by atoms with E-state index in [0.29, 0.717) is 19.6 Å². The zero-order valence-corrected chi connectivity index (χ0v) is 21.8. The van der Waals surface area contributed by atoms with E-state index in [0.717, 1.165) is 53.0 Å². The van der Waals surface area contributed by atoms with E-state index in [2.05, 4.69) is 68.7 Å². The summed E-state index contributed by atoms with van der Waals surface area (Å²) in [5.41, 5.74) is 5.09. The summed E-state index contributed by atoms with van der Waals surface area (Å²) in [5, 5.41) is 13.6. The highest BCUT2D eigenvalue weighted by atomic mass is 16.5. The summed E-state index contributed by atoms with van der Waals surface area (Å²) >= 11 is 0. The average Bonchev–Trinajstić information content (AvgIpc) is 3.39. The molecule has 5 rings (SSSR count). The Morgan fingerprint density at radius 1 is 0.921 bits per heavy atom. The molecule has 2 heterocycles. The lowest BCUT2D eigenvalue weighted by Crippen LogP contribution is -2.30. The number of nitrogens with one attached hydrogen (secondary N) is 1. The van der Waals surface area contributed by atoms with E-state index < -0.39 is 0 Å². The van der Waals surface area contributed by atoms with Gasteiger partial charge in [-0.2, -0.15) is 0 Å². The highest BCUT2D eigenvalue weighted by molar-refractivity contribution is 5.79. The van der Waals surface area contributed by atoms with Gasteiger partial charge in [0.2, 0.25) is 0 Å². The number of methoxy groups -OCH3 is 1. The Morgan fingerprint density at radius 3 is 2.47 bits per heavy atom. The van der Waals surface area contributed by atoms with Gasteiger partial charge in [0, 0.05) is 24.2 Å². The van der Waals surface area contributed by atoms with Crippen molar-refractivity contribution < 1.29 is 4.74 Å². The second kappa shape index (κ2) is 11.8. The molecular formula is C30H32N6O2. The van der Waals surface area contributed by atoms with Crippen molar-refractivity contribution in [2.45, 2.75) is 39.4 Å². The molecule has 0 unspecified atom stereocenters. The molecule has 0 spiro atoms. The number of aryl methyl sites for hydroxylation is 1. The molecule has 0 fully saturated rings. The maximum atomic E-state index is 13.0. The van der Waals surface area contributed by atoms with Gasteiger partial charge in [-0.3, -0.25) is 9.69 Å². The van der Waals surface area contributed by atoms with Gasteiger partial charge in [0.05, 0.1) is 20.2 Å². The van der Waals surface area contributed by atoms with Crippen molar-refractivity contribution >= 4 is 10.9 Å². The fraction of sp³-hybridized carbons (Fsp3) is 0.267. The van der Waals surface area contributed by atoms with Crippen LogP contribution in [0.3, 0.4) is 0 Å². The number of hydrogen-bond donors (Lipinski definition) is 1. The van der Waals surface area contributed by atoms with Crippen LogP contribution in [0.25, 0.3) is 10.9 Å². The number of benzene rings is 3. The van der Waals surface area contributed by atoms with Crippen molar-refractivity contribution in [3.8, 4) is 5.75 Å². The Balaban J connectivity index is 1.39. The minimum Gasteiger partial charge on any atom is -0.497 e. The molecule has 0 aliphatic rings. The third-order valence-electron chi connectivity index (χ3n) is 6.81. The maximum Gasteiger partial charge on any atom is 0.252 e. The third-order valence-corrected chi connectivity index (χ3v) is 6.81. The minimum atomic E-state index is -0.0655. The predicted octanol–water partition coefficient (Wildman–Crippen LogP) is 4.38. The van der Waals surface area contributed by atoms with Crippen LogP contribution in [0.15, 0.2) is 83.7 Å². The topological polar surface area (TPSA) is 88.9 Å². The van der Waals surface area contributed by atoms with Gasteiger partial charge in [-0.15, -0.1) is 5.10 Å². The van der Waals surface area contributed by atoms with Crippen LogP contribution < -0.4 is 10.3 Å². The second-order valence-corrected chi connectivity index (χ2v) is 9.45. The molecule has 0 radical (unpaired) electrons. The van der Waals surface area contributed by atoms with Crippen LogP contribution in [0.5, 0.6) is 5.75 Å². The predicted molar refractivity (Wildman–Crippen MR) is 148 cm³/mol. The molecule has 0 amide bonds. The number of tetrazole rings is 1. The van der Waals surface area contributed by atoms with Crippen LogP contribution in [0, 0.1) is 0 Å². The molecule has 8 nitrogen and oxygen atoms in total. The van der Waals surface area contributed by atoms with Gasteiger partial charge in [0.25, 0.3) is 5.56 Å². The molecule has 8 heteroatoms. The van der Waals surface area contributed by atoms with Gasteiger partial charge in [0.15, 0.2) is 5.82 Å². The van der Waals surface area contributed by atoms with Crippen molar-refractivity contribution in [2.75, 3.05) is 13.7 Å². The molecule has 0 aliphatic carbocycles. The van der Waals surface area contributed by atoms with Gasteiger partial charge in [0.1, 0.15) is 5.75 Å². The average molecular weight is 509 g/mol. The second-order valence-electron chi connectivity index (χ2n) is 9.45. The van der Waals surface area contributed by atoms with Gasteiger partial charge in [-0.05, 0) is 75.7 Å². The molecule has 1 N–H and O–H groups in total. The highest BCUT2D eigenvalue weighted by Crippen LogP contribution is 2.17. The Kier molecular flexibility index (Phi) is 7.89. The molecule has 38 heavy (non-hydrogen) atoms. The molecule has 194 valence electrons. The maximum absolute atomic E-state index is 13.0. The molecule has 2 aromatic heterocycles. The number of nitrogens with zero attached hydrogens (tertiary/aromatic N) is 5. The Bertz CT molecular complexity index is 1540. The standard InChI is InChI=1S/C30H32N6O2/c1-3-22-11-14-28-25(17-22)18-26(30(37)31-28)20-35(16-15-23-7-5-4-6-8-23)21-29-32-33-34-36(29)19-24-9-12-27(38-2)13-10-24/h4-14,17-18H,3,15-16,19-21H2,1-2H3,(H,31,37). The molecular weight excluding hydrogens is 476 g/mol. The van der Waals surface area contributed by atoms with E-state index in [1.807, 2.05) is 47.1 Å². The number of aromatic amines is 1. The lowest BCUT2D eigenvalue weighted by Gasteiger charge is -2.22. The number of ether oxygens (including phenoxy) is 1. The number of fused-ring (bicyclic) bond motifs is 1. The lowest BCUT2D eigenvalue weighted by molar-refractivity contribution is 0.248. The van der Waals surface area contributed by atoms with E-state index in [4.69, 9.17) is 4.74 Å². The van der Waals surface area contributed by atoms with Crippen molar-refractivity contribution in [1.82, 2.24) is 30.1 Å². The van der Waals surface area contributed by atoms with Crippen molar-refractivity contribution in [3.05, 3.63) is 117 Å². The molecule has 5 aromatic rings. The van der Waals surface area contributed by atoms with E-state index in [-0.39, 0.29) is 5.56 Å². The van der Waals surface area contributed by atoms with Crippen molar-refractivity contribution in [1.29, 1.82) is 0 Å². The Labute approximate surface area is 221 Å². The van der Waals surface area contributed by atoms with Gasteiger partial charge >= 0.3 is 0 Å². The van der Waals surface area contributed by atoms with E-state index in [1.54, 1.807) is 7.11 Å². The zero-order chi connectivity index (χ0) is 26.3. The number of H-pyrrole nitrogens is 1. The first-order chi connectivity index (χ1) is 18.6. The largest absolute Gasteiger partial charge is 0.497 e. The summed E-state index contributed by atoms with van der Waals surface area (Å²) < 4.78 is 7.08. The van der Waals surface area contributed by atoms with Crippen LogP contribution in [-0.4, -0.2) is 43.7 Å². The van der Waals surface area contributed by atoms with Crippen LogP contribution in [0.4, 0.5) is 0 Å². The molecule has 0 bridgehead atoms.